The molecule has 0 bridgehead atoms. The number of carbonyl (C=O) groups is 2. The van der Waals surface area contributed by atoms with Crippen LogP contribution in [0.1, 0.15) is 32.3 Å². The van der Waals surface area contributed by atoms with E-state index in [0.717, 1.165) is 37.2 Å². The lowest BCUT2D eigenvalue weighted by Gasteiger charge is -2.39. The van der Waals surface area contributed by atoms with Crippen LogP contribution in [0.15, 0.2) is 24.3 Å². The number of hydrogen-bond acceptors (Lipinski definition) is 4. The summed E-state index contributed by atoms with van der Waals surface area (Å²) in [7, 11) is 3.44. The van der Waals surface area contributed by atoms with E-state index in [4.69, 9.17) is 4.74 Å². The second kappa shape index (κ2) is 5.34. The Kier molecular flexibility index (Phi) is 3.71. The highest BCUT2D eigenvalue weighted by molar-refractivity contribution is 6.12. The summed E-state index contributed by atoms with van der Waals surface area (Å²) in [4.78, 5) is 29.6. The maximum absolute atomic E-state index is 13.4. The van der Waals surface area contributed by atoms with Crippen LogP contribution in [0, 0.1) is 0 Å². The molecule has 23 heavy (non-hydrogen) atoms. The van der Waals surface area contributed by atoms with Gasteiger partial charge in [-0.15, -0.1) is 0 Å². The summed E-state index contributed by atoms with van der Waals surface area (Å²) in [6, 6.07) is 7.86. The number of esters is 1. The SMILES string of the molecule is COC(=O)C(C)(C)N1C(=O)C2(CCN(C)CC2)c2ccccc21. The van der Waals surface area contributed by atoms with Gasteiger partial charge in [-0.05, 0) is 58.5 Å². The van der Waals surface area contributed by atoms with Crippen molar-refractivity contribution in [2.45, 2.75) is 37.6 Å². The molecule has 0 N–H and O–H groups in total. The molecule has 0 unspecified atom stereocenters. The first kappa shape index (κ1) is 16.0. The number of amides is 1. The molecule has 3 rings (SSSR count). The molecule has 2 aliphatic rings. The molecule has 0 aromatic heterocycles. The van der Waals surface area contributed by atoms with Gasteiger partial charge in [0.25, 0.3) is 0 Å². The van der Waals surface area contributed by atoms with E-state index in [2.05, 4.69) is 11.9 Å². The minimum atomic E-state index is -1.02. The quantitative estimate of drug-likeness (QED) is 0.783. The first-order chi connectivity index (χ1) is 10.8. The third kappa shape index (κ3) is 2.17. The number of benzene rings is 1. The molecule has 2 aliphatic heterocycles. The molecule has 5 heteroatoms. The minimum absolute atomic E-state index is 0.0298. The van der Waals surface area contributed by atoms with Crippen molar-refractivity contribution in [3.8, 4) is 0 Å². The largest absolute Gasteiger partial charge is 0.467 e. The topological polar surface area (TPSA) is 49.9 Å². The molecule has 2 heterocycles. The number of fused-ring (bicyclic) bond motifs is 2. The highest BCUT2D eigenvalue weighted by Gasteiger charge is 2.56. The Labute approximate surface area is 137 Å². The van der Waals surface area contributed by atoms with E-state index in [1.165, 1.54) is 7.11 Å². The Morgan fingerprint density at radius 3 is 2.43 bits per heavy atom. The Balaban J connectivity index is 2.11. The van der Waals surface area contributed by atoms with E-state index in [0.29, 0.717) is 0 Å². The molecule has 0 atom stereocenters. The van der Waals surface area contributed by atoms with Gasteiger partial charge < -0.3 is 9.64 Å². The van der Waals surface area contributed by atoms with Crippen LogP contribution in [-0.4, -0.2) is 49.6 Å². The maximum atomic E-state index is 13.4. The van der Waals surface area contributed by atoms with E-state index >= 15 is 0 Å². The molecule has 124 valence electrons. The summed E-state index contributed by atoms with van der Waals surface area (Å²) in [6.07, 6.45) is 1.57. The van der Waals surface area contributed by atoms with E-state index in [9.17, 15) is 9.59 Å². The minimum Gasteiger partial charge on any atom is -0.467 e. The predicted octanol–water partition coefficient (Wildman–Crippen LogP) is 1.95. The number of para-hydroxylation sites is 1. The number of piperidine rings is 1. The van der Waals surface area contributed by atoms with E-state index in [1.807, 2.05) is 24.3 Å². The van der Waals surface area contributed by atoms with Crippen molar-refractivity contribution in [2.75, 3.05) is 32.1 Å². The van der Waals surface area contributed by atoms with Gasteiger partial charge in [-0.3, -0.25) is 9.69 Å². The highest BCUT2D eigenvalue weighted by Crippen LogP contribution is 2.50. The van der Waals surface area contributed by atoms with E-state index < -0.39 is 16.9 Å². The van der Waals surface area contributed by atoms with Gasteiger partial charge in [-0.25, -0.2) is 4.79 Å². The fraction of sp³-hybridized carbons (Fsp3) is 0.556. The third-order valence-electron chi connectivity index (χ3n) is 5.36. The normalized spacial score (nSPS) is 20.7. The van der Waals surface area contributed by atoms with Crippen LogP contribution in [0.4, 0.5) is 5.69 Å². The molecule has 1 spiro atoms. The van der Waals surface area contributed by atoms with Gasteiger partial charge in [-0.1, -0.05) is 18.2 Å². The Hall–Kier alpha value is -1.88. The van der Waals surface area contributed by atoms with Crippen LogP contribution >= 0.6 is 0 Å². The Morgan fingerprint density at radius 1 is 1.22 bits per heavy atom. The van der Waals surface area contributed by atoms with Crippen LogP contribution in [0.5, 0.6) is 0 Å². The van der Waals surface area contributed by atoms with Gasteiger partial charge >= 0.3 is 5.97 Å². The lowest BCUT2D eigenvalue weighted by atomic mass is 9.73. The smallest absolute Gasteiger partial charge is 0.331 e. The number of ether oxygens (including phenoxy) is 1. The first-order valence-electron chi connectivity index (χ1n) is 8.06. The van der Waals surface area contributed by atoms with Crippen LogP contribution in [0.25, 0.3) is 0 Å². The number of rotatable bonds is 2. The van der Waals surface area contributed by atoms with Crippen LogP contribution in [0.2, 0.25) is 0 Å². The van der Waals surface area contributed by atoms with Crippen molar-refractivity contribution in [2.24, 2.45) is 0 Å². The fourth-order valence-corrected chi connectivity index (χ4v) is 3.89. The van der Waals surface area contributed by atoms with Crippen LogP contribution < -0.4 is 4.90 Å². The van der Waals surface area contributed by atoms with Crippen molar-refractivity contribution in [1.29, 1.82) is 0 Å². The van der Waals surface area contributed by atoms with Crippen LogP contribution in [0.3, 0.4) is 0 Å². The highest BCUT2D eigenvalue weighted by atomic mass is 16.5. The number of nitrogens with zero attached hydrogens (tertiary/aromatic N) is 2. The van der Waals surface area contributed by atoms with Gasteiger partial charge in [0.05, 0.1) is 12.5 Å². The van der Waals surface area contributed by atoms with Crippen molar-refractivity contribution < 1.29 is 14.3 Å². The van der Waals surface area contributed by atoms with Crippen molar-refractivity contribution in [3.63, 3.8) is 0 Å². The Morgan fingerprint density at radius 2 is 1.83 bits per heavy atom. The monoisotopic (exact) mass is 316 g/mol. The molecule has 1 amide bonds. The summed E-state index contributed by atoms with van der Waals surface area (Å²) in [5.41, 5.74) is 0.371. The molecule has 0 saturated carbocycles. The second-order valence-corrected chi connectivity index (χ2v) is 7.09. The summed E-state index contributed by atoms with van der Waals surface area (Å²) in [5.74, 6) is -0.368. The fourth-order valence-electron chi connectivity index (χ4n) is 3.89. The maximum Gasteiger partial charge on any atom is 0.331 e. The summed E-state index contributed by atoms with van der Waals surface area (Å²) < 4.78 is 4.94. The summed E-state index contributed by atoms with van der Waals surface area (Å²) in [6.45, 7) is 5.27. The number of likely N-dealkylation sites (tertiary alicyclic amines) is 1. The Bertz CT molecular complexity index is 645. The van der Waals surface area contributed by atoms with Gasteiger partial charge in [0.15, 0.2) is 0 Å². The molecule has 1 fully saturated rings. The summed E-state index contributed by atoms with van der Waals surface area (Å²) in [5, 5.41) is 0. The standard InChI is InChI=1S/C18H24N2O3/c1-17(2,16(22)23-4)20-14-8-6-5-7-13(14)18(15(20)21)9-11-19(3)12-10-18/h5-8H,9-12H2,1-4H3. The van der Waals surface area contributed by atoms with E-state index in [-0.39, 0.29) is 5.91 Å². The molecule has 5 nitrogen and oxygen atoms in total. The number of carbonyl (C=O) groups excluding carboxylic acids is 2. The summed E-state index contributed by atoms with van der Waals surface area (Å²) >= 11 is 0. The van der Waals surface area contributed by atoms with Gasteiger partial charge in [0.2, 0.25) is 5.91 Å². The van der Waals surface area contributed by atoms with Crippen molar-refractivity contribution in [3.05, 3.63) is 29.8 Å². The zero-order chi connectivity index (χ0) is 16.8. The predicted molar refractivity (Wildman–Crippen MR) is 88.4 cm³/mol. The molecule has 1 saturated heterocycles. The molecule has 0 aliphatic carbocycles. The molecule has 0 radical (unpaired) electrons. The number of anilines is 1. The molecule has 1 aromatic carbocycles. The molecular weight excluding hydrogens is 292 g/mol. The third-order valence-corrected chi connectivity index (χ3v) is 5.36. The van der Waals surface area contributed by atoms with Crippen LogP contribution in [-0.2, 0) is 19.7 Å². The van der Waals surface area contributed by atoms with Crippen molar-refractivity contribution >= 4 is 17.6 Å². The number of methoxy groups -OCH3 is 1. The lowest BCUT2D eigenvalue weighted by Crippen LogP contribution is -2.57. The zero-order valence-electron chi connectivity index (χ0n) is 14.3. The van der Waals surface area contributed by atoms with Crippen molar-refractivity contribution in [1.82, 2.24) is 4.90 Å². The average Bonchev–Trinajstić information content (AvgIpc) is 2.79. The number of hydrogen-bond donors (Lipinski definition) is 0. The second-order valence-electron chi connectivity index (χ2n) is 7.09. The lowest BCUT2D eigenvalue weighted by molar-refractivity contribution is -0.147. The molecule has 1 aromatic rings. The van der Waals surface area contributed by atoms with Gasteiger partial charge in [0.1, 0.15) is 5.54 Å². The zero-order valence-corrected chi connectivity index (χ0v) is 14.3. The first-order valence-corrected chi connectivity index (χ1v) is 8.06. The molecular formula is C18H24N2O3. The van der Waals surface area contributed by atoms with Gasteiger partial charge in [0, 0.05) is 5.69 Å². The van der Waals surface area contributed by atoms with Gasteiger partial charge in [-0.2, -0.15) is 0 Å². The average molecular weight is 316 g/mol. The van der Waals surface area contributed by atoms with E-state index in [1.54, 1.807) is 18.7 Å².